The van der Waals surface area contributed by atoms with Gasteiger partial charge in [-0.3, -0.25) is 14.9 Å². The van der Waals surface area contributed by atoms with Crippen LogP contribution in [0.5, 0.6) is 0 Å². The van der Waals surface area contributed by atoms with Crippen LogP contribution in [0.2, 0.25) is 0 Å². The highest BCUT2D eigenvalue weighted by atomic mass is 35.5. The van der Waals surface area contributed by atoms with Gasteiger partial charge in [-0.15, -0.1) is 12.4 Å². The number of anilines is 1. The lowest BCUT2D eigenvalue weighted by Crippen LogP contribution is -2.39. The van der Waals surface area contributed by atoms with E-state index in [1.807, 2.05) is 0 Å². The summed E-state index contributed by atoms with van der Waals surface area (Å²) in [6, 6.07) is 4.12. The van der Waals surface area contributed by atoms with Gasteiger partial charge in [-0.05, 0) is 37.4 Å². The molecule has 1 saturated carbocycles. The summed E-state index contributed by atoms with van der Waals surface area (Å²) in [5, 5.41) is 13.7. The first-order valence-corrected chi connectivity index (χ1v) is 6.57. The molecule has 8 heteroatoms. The Labute approximate surface area is 128 Å². The molecule has 5 N–H and O–H groups in total. The molecule has 0 aromatic heterocycles. The number of benzene rings is 1. The molecule has 1 aliphatic rings. The van der Waals surface area contributed by atoms with E-state index in [1.165, 1.54) is 18.2 Å². The normalized spacial score (nSPS) is 20.6. The van der Waals surface area contributed by atoms with Crippen molar-refractivity contribution in [1.29, 1.82) is 0 Å². The molecule has 0 bridgehead atoms. The van der Waals surface area contributed by atoms with Crippen LogP contribution in [0.1, 0.15) is 29.6 Å². The van der Waals surface area contributed by atoms with Crippen LogP contribution >= 0.6 is 12.4 Å². The van der Waals surface area contributed by atoms with Gasteiger partial charge in [0.1, 0.15) is 5.69 Å². The lowest BCUT2D eigenvalue weighted by molar-refractivity contribution is -0.383. The molecule has 21 heavy (non-hydrogen) atoms. The van der Waals surface area contributed by atoms with Gasteiger partial charge in [0, 0.05) is 17.7 Å². The maximum absolute atomic E-state index is 12.1. The number of nitro groups is 1. The van der Waals surface area contributed by atoms with E-state index in [2.05, 4.69) is 5.32 Å². The first-order valence-electron chi connectivity index (χ1n) is 6.57. The van der Waals surface area contributed by atoms with E-state index in [-0.39, 0.29) is 47.2 Å². The van der Waals surface area contributed by atoms with Crippen molar-refractivity contribution in [2.45, 2.75) is 25.3 Å². The summed E-state index contributed by atoms with van der Waals surface area (Å²) >= 11 is 0. The van der Waals surface area contributed by atoms with Gasteiger partial charge in [0.05, 0.1) is 4.92 Å². The van der Waals surface area contributed by atoms with Crippen LogP contribution in [-0.4, -0.2) is 23.4 Å². The lowest BCUT2D eigenvalue weighted by atomic mass is 10.0. The van der Waals surface area contributed by atoms with Crippen LogP contribution in [0.25, 0.3) is 0 Å². The Balaban J connectivity index is 0.00000220. The van der Waals surface area contributed by atoms with Crippen molar-refractivity contribution < 1.29 is 9.72 Å². The van der Waals surface area contributed by atoms with Crippen molar-refractivity contribution in [3.8, 4) is 0 Å². The van der Waals surface area contributed by atoms with Gasteiger partial charge >= 0.3 is 0 Å². The minimum absolute atomic E-state index is 0. The third-order valence-corrected chi connectivity index (χ3v) is 3.77. The number of carbonyl (C=O) groups excluding carboxylic acids is 1. The topological polar surface area (TPSA) is 124 Å². The summed E-state index contributed by atoms with van der Waals surface area (Å²) < 4.78 is 0. The fourth-order valence-corrected chi connectivity index (χ4v) is 2.60. The number of nitrogens with two attached hydrogens (primary N) is 2. The van der Waals surface area contributed by atoms with Gasteiger partial charge in [-0.25, -0.2) is 0 Å². The second-order valence-electron chi connectivity index (χ2n) is 5.04. The maximum atomic E-state index is 12.1. The molecule has 2 rings (SSSR count). The number of nitro benzene ring substituents is 1. The van der Waals surface area contributed by atoms with Crippen LogP contribution in [0.15, 0.2) is 18.2 Å². The Morgan fingerprint density at radius 3 is 2.76 bits per heavy atom. The summed E-state index contributed by atoms with van der Waals surface area (Å²) in [6.07, 6.45) is 2.93. The standard InChI is InChI=1S/C13H18N4O3.ClH/c14-7-9-2-1-3-11(9)16-13(18)8-4-5-10(15)12(6-8)17(19)20;/h4-6,9,11H,1-3,7,14-15H2,(H,16,18);1H. The Morgan fingerprint density at radius 2 is 2.14 bits per heavy atom. The van der Waals surface area contributed by atoms with Crippen molar-refractivity contribution in [3.63, 3.8) is 0 Å². The number of nitrogens with zero attached hydrogens (tertiary/aromatic N) is 1. The van der Waals surface area contributed by atoms with Gasteiger partial charge in [0.25, 0.3) is 11.6 Å². The van der Waals surface area contributed by atoms with E-state index in [9.17, 15) is 14.9 Å². The van der Waals surface area contributed by atoms with Crippen LogP contribution in [0, 0.1) is 16.0 Å². The molecular formula is C13H19ClN4O3. The van der Waals surface area contributed by atoms with Crippen molar-refractivity contribution in [2.75, 3.05) is 12.3 Å². The molecule has 116 valence electrons. The monoisotopic (exact) mass is 314 g/mol. The van der Waals surface area contributed by atoms with E-state index in [4.69, 9.17) is 11.5 Å². The number of hydrogen-bond acceptors (Lipinski definition) is 5. The smallest absolute Gasteiger partial charge is 0.292 e. The van der Waals surface area contributed by atoms with Crippen LogP contribution < -0.4 is 16.8 Å². The quantitative estimate of drug-likeness (QED) is 0.441. The van der Waals surface area contributed by atoms with E-state index < -0.39 is 4.92 Å². The molecular weight excluding hydrogens is 296 g/mol. The largest absolute Gasteiger partial charge is 0.393 e. The predicted molar refractivity (Wildman–Crippen MR) is 82.4 cm³/mol. The molecule has 1 aromatic carbocycles. The van der Waals surface area contributed by atoms with Crippen LogP contribution in [0.3, 0.4) is 0 Å². The van der Waals surface area contributed by atoms with Gasteiger partial charge < -0.3 is 16.8 Å². The van der Waals surface area contributed by atoms with Gasteiger partial charge in [-0.1, -0.05) is 6.42 Å². The molecule has 0 saturated heterocycles. The molecule has 1 aliphatic carbocycles. The molecule has 2 unspecified atom stereocenters. The van der Waals surface area contributed by atoms with E-state index in [0.29, 0.717) is 6.54 Å². The highest BCUT2D eigenvalue weighted by Gasteiger charge is 2.28. The Bertz CT molecular complexity index is 538. The van der Waals surface area contributed by atoms with Crippen molar-refractivity contribution in [1.82, 2.24) is 5.32 Å². The molecule has 0 spiro atoms. The number of nitrogen functional groups attached to an aromatic ring is 1. The van der Waals surface area contributed by atoms with E-state index in [1.54, 1.807) is 0 Å². The fraction of sp³-hybridized carbons (Fsp3) is 0.462. The summed E-state index contributed by atoms with van der Waals surface area (Å²) in [5.41, 5.74) is 11.2. The number of rotatable bonds is 4. The first kappa shape index (κ1) is 17.2. The number of hydrogen-bond donors (Lipinski definition) is 3. The molecule has 0 radical (unpaired) electrons. The zero-order chi connectivity index (χ0) is 14.7. The number of halogens is 1. The fourth-order valence-electron chi connectivity index (χ4n) is 2.60. The van der Waals surface area contributed by atoms with Crippen molar-refractivity contribution in [2.24, 2.45) is 11.7 Å². The molecule has 0 aliphatic heterocycles. The zero-order valence-electron chi connectivity index (χ0n) is 11.5. The van der Waals surface area contributed by atoms with Crippen LogP contribution in [-0.2, 0) is 0 Å². The van der Waals surface area contributed by atoms with E-state index >= 15 is 0 Å². The third-order valence-electron chi connectivity index (χ3n) is 3.77. The predicted octanol–water partition coefficient (Wildman–Crippen LogP) is 1.46. The molecule has 0 heterocycles. The highest BCUT2D eigenvalue weighted by Crippen LogP contribution is 2.26. The average Bonchev–Trinajstić information content (AvgIpc) is 2.86. The van der Waals surface area contributed by atoms with Gasteiger partial charge in [0.15, 0.2) is 0 Å². The second-order valence-corrected chi connectivity index (χ2v) is 5.04. The lowest BCUT2D eigenvalue weighted by Gasteiger charge is -2.19. The number of carbonyl (C=O) groups is 1. The summed E-state index contributed by atoms with van der Waals surface area (Å²) in [4.78, 5) is 22.4. The minimum Gasteiger partial charge on any atom is -0.393 e. The SMILES string of the molecule is Cl.NCC1CCCC1NC(=O)c1ccc(N)c([N+](=O)[O-])c1. The van der Waals surface area contributed by atoms with Gasteiger partial charge in [-0.2, -0.15) is 0 Å². The number of amides is 1. The summed E-state index contributed by atoms with van der Waals surface area (Å²) in [7, 11) is 0. The third kappa shape index (κ3) is 3.83. The summed E-state index contributed by atoms with van der Waals surface area (Å²) in [5.74, 6) is -0.0406. The molecule has 1 fully saturated rings. The average molecular weight is 315 g/mol. The highest BCUT2D eigenvalue weighted by molar-refractivity contribution is 5.95. The zero-order valence-corrected chi connectivity index (χ0v) is 12.3. The Hall–Kier alpha value is -1.86. The van der Waals surface area contributed by atoms with Crippen molar-refractivity contribution >= 4 is 29.7 Å². The number of nitrogens with one attached hydrogen (secondary N) is 1. The maximum Gasteiger partial charge on any atom is 0.292 e. The van der Waals surface area contributed by atoms with Gasteiger partial charge in [0.2, 0.25) is 0 Å². The molecule has 2 atom stereocenters. The second kappa shape index (κ2) is 7.24. The Kier molecular flexibility index (Phi) is 5.92. The molecule has 1 aromatic rings. The molecule has 7 nitrogen and oxygen atoms in total. The first-order chi connectivity index (χ1) is 9.52. The van der Waals surface area contributed by atoms with Crippen molar-refractivity contribution in [3.05, 3.63) is 33.9 Å². The van der Waals surface area contributed by atoms with E-state index in [0.717, 1.165) is 19.3 Å². The molecule has 1 amide bonds. The van der Waals surface area contributed by atoms with Crippen LogP contribution in [0.4, 0.5) is 11.4 Å². The minimum atomic E-state index is -0.593. The Morgan fingerprint density at radius 1 is 1.43 bits per heavy atom. The summed E-state index contributed by atoms with van der Waals surface area (Å²) in [6.45, 7) is 0.535.